The van der Waals surface area contributed by atoms with Crippen molar-refractivity contribution in [1.29, 1.82) is 0 Å². The number of aromatic amines is 1. The molecule has 3 aromatic rings. The molecule has 11 heteroatoms. The second kappa shape index (κ2) is 10.5. The number of sulfonamides is 1. The van der Waals surface area contributed by atoms with Crippen LogP contribution in [-0.2, 0) is 14.8 Å². The van der Waals surface area contributed by atoms with Gasteiger partial charge in [0.25, 0.3) is 5.56 Å². The molecule has 4 rings (SSSR count). The van der Waals surface area contributed by atoms with E-state index in [1.807, 2.05) is 0 Å². The summed E-state index contributed by atoms with van der Waals surface area (Å²) in [4.78, 5) is 31.9. The number of H-pyrrole nitrogens is 1. The van der Waals surface area contributed by atoms with E-state index in [1.165, 1.54) is 36.7 Å². The first-order valence-corrected chi connectivity index (χ1v) is 12.9. The van der Waals surface area contributed by atoms with E-state index in [9.17, 15) is 18.0 Å². The minimum atomic E-state index is -3.74. The summed E-state index contributed by atoms with van der Waals surface area (Å²) < 4.78 is 38.1. The van der Waals surface area contributed by atoms with E-state index in [0.29, 0.717) is 47.1 Å². The SMILES string of the molecule is COc1ccc(S(=O)(=O)N2CCC(C(=O)Nc3cccc(-c4nc(C)cc(=O)[nH]4)c3)CC2)cc1OC. The molecule has 1 aliphatic rings. The van der Waals surface area contributed by atoms with Crippen molar-refractivity contribution in [2.45, 2.75) is 24.7 Å². The maximum Gasteiger partial charge on any atom is 0.251 e. The molecule has 2 N–H and O–H groups in total. The summed E-state index contributed by atoms with van der Waals surface area (Å²) >= 11 is 0. The number of piperidine rings is 1. The smallest absolute Gasteiger partial charge is 0.251 e. The van der Waals surface area contributed by atoms with Crippen molar-refractivity contribution in [3.8, 4) is 22.9 Å². The zero-order valence-corrected chi connectivity index (χ0v) is 21.1. The van der Waals surface area contributed by atoms with Crippen molar-refractivity contribution < 1.29 is 22.7 Å². The standard InChI is InChI=1S/C25H28N4O6S/c1-16-13-23(30)28-24(26-16)18-5-4-6-19(14-18)27-25(31)17-9-11-29(12-10-17)36(32,33)20-7-8-21(34-2)22(15-20)35-3/h4-8,13-15,17H,9-12H2,1-3H3,(H,27,31)(H,26,28,30). The molecular formula is C25H28N4O6S. The van der Waals surface area contributed by atoms with Gasteiger partial charge in [-0.15, -0.1) is 0 Å². The molecular weight excluding hydrogens is 484 g/mol. The third kappa shape index (κ3) is 5.42. The summed E-state index contributed by atoms with van der Waals surface area (Å²) in [6, 6.07) is 13.0. The Hall–Kier alpha value is -3.70. The first-order chi connectivity index (χ1) is 17.2. The van der Waals surface area contributed by atoms with Gasteiger partial charge in [-0.1, -0.05) is 12.1 Å². The average Bonchev–Trinajstić information content (AvgIpc) is 2.88. The maximum absolute atomic E-state index is 13.1. The van der Waals surface area contributed by atoms with Crippen LogP contribution in [0.1, 0.15) is 18.5 Å². The van der Waals surface area contributed by atoms with Crippen molar-refractivity contribution in [2.75, 3.05) is 32.6 Å². The van der Waals surface area contributed by atoms with Gasteiger partial charge in [-0.2, -0.15) is 4.31 Å². The van der Waals surface area contributed by atoms with Gasteiger partial charge in [0.15, 0.2) is 11.5 Å². The van der Waals surface area contributed by atoms with Gasteiger partial charge >= 0.3 is 0 Å². The van der Waals surface area contributed by atoms with Gasteiger partial charge in [-0.05, 0) is 44.0 Å². The summed E-state index contributed by atoms with van der Waals surface area (Å²) in [7, 11) is -0.807. The molecule has 1 aromatic heterocycles. The van der Waals surface area contributed by atoms with Crippen LogP contribution in [0.3, 0.4) is 0 Å². The largest absolute Gasteiger partial charge is 0.493 e. The van der Waals surface area contributed by atoms with Crippen LogP contribution in [0.15, 0.2) is 58.2 Å². The Balaban J connectivity index is 1.41. The summed E-state index contributed by atoms with van der Waals surface area (Å²) in [5, 5.41) is 2.91. The van der Waals surface area contributed by atoms with E-state index in [0.717, 1.165) is 0 Å². The van der Waals surface area contributed by atoms with E-state index < -0.39 is 10.0 Å². The highest BCUT2D eigenvalue weighted by molar-refractivity contribution is 7.89. The summed E-state index contributed by atoms with van der Waals surface area (Å²) in [5.41, 5.74) is 1.59. The monoisotopic (exact) mass is 512 g/mol. The van der Waals surface area contributed by atoms with Crippen LogP contribution in [0.25, 0.3) is 11.4 Å². The predicted octanol–water partition coefficient (Wildman–Crippen LogP) is 2.80. The van der Waals surface area contributed by atoms with Crippen LogP contribution in [0.2, 0.25) is 0 Å². The lowest BCUT2D eigenvalue weighted by atomic mass is 9.97. The summed E-state index contributed by atoms with van der Waals surface area (Å²) in [6.07, 6.45) is 0.787. The molecule has 1 saturated heterocycles. The molecule has 1 aliphatic heterocycles. The lowest BCUT2D eigenvalue weighted by Crippen LogP contribution is -2.41. The van der Waals surface area contributed by atoms with Crippen molar-refractivity contribution in [3.63, 3.8) is 0 Å². The minimum absolute atomic E-state index is 0.114. The third-order valence-corrected chi connectivity index (χ3v) is 7.99. The maximum atomic E-state index is 13.1. The average molecular weight is 513 g/mol. The summed E-state index contributed by atoms with van der Waals surface area (Å²) in [6.45, 7) is 2.19. The topological polar surface area (TPSA) is 131 Å². The number of anilines is 1. The van der Waals surface area contributed by atoms with Crippen LogP contribution < -0.4 is 20.3 Å². The van der Waals surface area contributed by atoms with Crippen LogP contribution in [0, 0.1) is 12.8 Å². The van der Waals surface area contributed by atoms with Crippen LogP contribution in [0.4, 0.5) is 5.69 Å². The van der Waals surface area contributed by atoms with E-state index >= 15 is 0 Å². The lowest BCUT2D eigenvalue weighted by molar-refractivity contribution is -0.120. The van der Waals surface area contributed by atoms with Gasteiger partial charge in [0.05, 0.1) is 19.1 Å². The van der Waals surface area contributed by atoms with Crippen molar-refractivity contribution >= 4 is 21.6 Å². The van der Waals surface area contributed by atoms with E-state index in [4.69, 9.17) is 9.47 Å². The van der Waals surface area contributed by atoms with Crippen LogP contribution >= 0.6 is 0 Å². The Morgan fingerprint density at radius 2 is 1.78 bits per heavy atom. The molecule has 2 aromatic carbocycles. The van der Waals surface area contributed by atoms with E-state index in [1.54, 1.807) is 37.3 Å². The number of ether oxygens (including phenoxy) is 2. The van der Waals surface area contributed by atoms with Crippen LogP contribution in [-0.4, -0.2) is 55.9 Å². The summed E-state index contributed by atoms with van der Waals surface area (Å²) in [5.74, 6) is 0.689. The molecule has 2 heterocycles. The molecule has 0 radical (unpaired) electrons. The number of hydrogen-bond donors (Lipinski definition) is 2. The molecule has 10 nitrogen and oxygen atoms in total. The minimum Gasteiger partial charge on any atom is -0.493 e. The van der Waals surface area contributed by atoms with Gasteiger partial charge in [0.1, 0.15) is 5.82 Å². The normalized spacial score (nSPS) is 14.9. The van der Waals surface area contributed by atoms with Gasteiger partial charge in [-0.3, -0.25) is 9.59 Å². The van der Waals surface area contributed by atoms with Gasteiger partial charge in [0, 0.05) is 48.1 Å². The Morgan fingerprint density at radius 1 is 1.06 bits per heavy atom. The number of methoxy groups -OCH3 is 2. The zero-order chi connectivity index (χ0) is 25.9. The molecule has 0 saturated carbocycles. The highest BCUT2D eigenvalue weighted by Gasteiger charge is 2.32. The molecule has 0 bridgehead atoms. The number of amides is 1. The highest BCUT2D eigenvalue weighted by Crippen LogP contribution is 2.32. The second-order valence-corrected chi connectivity index (χ2v) is 10.4. The fraction of sp³-hybridized carbons (Fsp3) is 0.320. The first kappa shape index (κ1) is 25.4. The fourth-order valence-electron chi connectivity index (χ4n) is 4.19. The number of hydrogen-bond acceptors (Lipinski definition) is 7. The Morgan fingerprint density at radius 3 is 2.44 bits per heavy atom. The number of aromatic nitrogens is 2. The predicted molar refractivity (Wildman–Crippen MR) is 135 cm³/mol. The number of nitrogens with one attached hydrogen (secondary N) is 2. The van der Waals surface area contributed by atoms with Crippen molar-refractivity contribution in [1.82, 2.24) is 14.3 Å². The second-order valence-electron chi connectivity index (χ2n) is 8.50. The number of carbonyl (C=O) groups is 1. The Bertz CT molecular complexity index is 1430. The van der Waals surface area contributed by atoms with E-state index in [-0.39, 0.29) is 35.4 Å². The quantitative estimate of drug-likeness (QED) is 0.498. The molecule has 190 valence electrons. The molecule has 0 atom stereocenters. The molecule has 0 aliphatic carbocycles. The Kier molecular flexibility index (Phi) is 7.41. The van der Waals surface area contributed by atoms with Crippen LogP contribution in [0.5, 0.6) is 11.5 Å². The number of nitrogens with zero attached hydrogens (tertiary/aromatic N) is 2. The van der Waals surface area contributed by atoms with Gasteiger partial charge < -0.3 is 19.8 Å². The number of aryl methyl sites for hydroxylation is 1. The lowest BCUT2D eigenvalue weighted by Gasteiger charge is -2.30. The van der Waals surface area contributed by atoms with Crippen molar-refractivity contribution in [3.05, 3.63) is 64.6 Å². The molecule has 1 amide bonds. The molecule has 0 spiro atoms. The number of benzene rings is 2. The first-order valence-electron chi connectivity index (χ1n) is 11.4. The fourth-order valence-corrected chi connectivity index (χ4v) is 5.67. The zero-order valence-electron chi connectivity index (χ0n) is 20.3. The molecule has 0 unspecified atom stereocenters. The number of rotatable bonds is 7. The highest BCUT2D eigenvalue weighted by atomic mass is 32.2. The van der Waals surface area contributed by atoms with Gasteiger partial charge in [0.2, 0.25) is 15.9 Å². The molecule has 1 fully saturated rings. The van der Waals surface area contributed by atoms with Crippen molar-refractivity contribution in [2.24, 2.45) is 5.92 Å². The Labute approximate surface area is 209 Å². The van der Waals surface area contributed by atoms with E-state index in [2.05, 4.69) is 15.3 Å². The van der Waals surface area contributed by atoms with Gasteiger partial charge in [-0.25, -0.2) is 13.4 Å². The third-order valence-electron chi connectivity index (χ3n) is 6.09. The number of carbonyl (C=O) groups excluding carboxylic acids is 1. The molecule has 36 heavy (non-hydrogen) atoms.